The third-order valence-electron chi connectivity index (χ3n) is 4.58. The minimum atomic E-state index is 0.661. The molecular formula is C16H21NO. The summed E-state index contributed by atoms with van der Waals surface area (Å²) in [6, 6.07) is 8.91. The fraction of sp³-hybridized carbons (Fsp3) is 0.500. The highest BCUT2D eigenvalue weighted by atomic mass is 16.3. The van der Waals surface area contributed by atoms with Gasteiger partial charge in [-0.1, -0.05) is 32.0 Å². The Labute approximate surface area is 108 Å². The molecule has 1 aliphatic carbocycles. The Hall–Kier alpha value is -1.28. The Morgan fingerprint density at radius 1 is 1.22 bits per heavy atom. The largest absolute Gasteiger partial charge is 0.464 e. The summed E-state index contributed by atoms with van der Waals surface area (Å²) in [7, 11) is 0. The summed E-state index contributed by atoms with van der Waals surface area (Å²) in [5, 5.41) is 4.94. The van der Waals surface area contributed by atoms with Crippen LogP contribution in [0.15, 0.2) is 34.9 Å². The molecule has 1 aromatic heterocycles. The number of benzene rings is 1. The van der Waals surface area contributed by atoms with E-state index >= 15 is 0 Å². The van der Waals surface area contributed by atoms with Gasteiger partial charge in [0.25, 0.3) is 0 Å². The third kappa shape index (κ3) is 2.05. The van der Waals surface area contributed by atoms with Gasteiger partial charge in [0.15, 0.2) is 0 Å². The second kappa shape index (κ2) is 4.77. The number of hydrogen-bond acceptors (Lipinski definition) is 2. The summed E-state index contributed by atoms with van der Waals surface area (Å²) in [6.45, 7) is 5.64. The monoisotopic (exact) mass is 243 g/mol. The number of fused-ring (bicyclic) bond motifs is 1. The molecule has 3 unspecified atom stereocenters. The first-order valence-electron chi connectivity index (χ1n) is 6.94. The van der Waals surface area contributed by atoms with E-state index in [1.807, 2.05) is 18.4 Å². The summed E-state index contributed by atoms with van der Waals surface area (Å²) < 4.78 is 5.57. The van der Waals surface area contributed by atoms with Gasteiger partial charge in [-0.25, -0.2) is 0 Å². The van der Waals surface area contributed by atoms with Crippen LogP contribution >= 0.6 is 0 Å². The van der Waals surface area contributed by atoms with E-state index in [1.165, 1.54) is 23.8 Å². The number of furan rings is 1. The van der Waals surface area contributed by atoms with Crippen molar-refractivity contribution in [2.75, 3.05) is 0 Å². The van der Waals surface area contributed by atoms with Crippen molar-refractivity contribution in [3.05, 3.63) is 36.1 Å². The Bertz CT molecular complexity index is 531. The highest BCUT2D eigenvalue weighted by Crippen LogP contribution is 2.31. The fourth-order valence-electron chi connectivity index (χ4n) is 3.06. The van der Waals surface area contributed by atoms with Crippen LogP contribution in [0.2, 0.25) is 0 Å². The molecule has 1 aromatic carbocycles. The molecule has 18 heavy (non-hydrogen) atoms. The molecule has 0 amide bonds. The molecule has 1 heterocycles. The molecule has 0 bridgehead atoms. The van der Waals surface area contributed by atoms with Gasteiger partial charge in [-0.05, 0) is 30.7 Å². The average Bonchev–Trinajstić information content (AvgIpc) is 2.94. The summed E-state index contributed by atoms with van der Waals surface area (Å²) >= 11 is 0. The summed E-state index contributed by atoms with van der Waals surface area (Å²) in [4.78, 5) is 0. The first-order valence-corrected chi connectivity index (χ1v) is 6.94. The van der Waals surface area contributed by atoms with Crippen molar-refractivity contribution in [1.82, 2.24) is 5.32 Å². The lowest BCUT2D eigenvalue weighted by Crippen LogP contribution is -2.31. The van der Waals surface area contributed by atoms with Crippen LogP contribution in [0.25, 0.3) is 11.0 Å². The molecule has 2 nitrogen and oxygen atoms in total. The molecule has 96 valence electrons. The van der Waals surface area contributed by atoms with Crippen molar-refractivity contribution in [2.45, 2.75) is 39.3 Å². The normalized spacial score (nSPS) is 28.0. The van der Waals surface area contributed by atoms with Gasteiger partial charge >= 0.3 is 0 Å². The summed E-state index contributed by atoms with van der Waals surface area (Å²) in [6.07, 6.45) is 4.55. The molecule has 2 aromatic rings. The third-order valence-corrected chi connectivity index (χ3v) is 4.58. The zero-order valence-electron chi connectivity index (χ0n) is 11.1. The second-order valence-electron chi connectivity index (χ2n) is 5.66. The number of hydrogen-bond donors (Lipinski definition) is 1. The topological polar surface area (TPSA) is 25.2 Å². The van der Waals surface area contributed by atoms with E-state index in [1.54, 1.807) is 0 Å². The highest BCUT2D eigenvalue weighted by molar-refractivity contribution is 5.80. The van der Waals surface area contributed by atoms with Crippen molar-refractivity contribution in [3.8, 4) is 0 Å². The minimum absolute atomic E-state index is 0.661. The molecular weight excluding hydrogens is 222 g/mol. The number of nitrogens with one attached hydrogen (secondary N) is 1. The zero-order chi connectivity index (χ0) is 12.5. The first kappa shape index (κ1) is 11.8. The van der Waals surface area contributed by atoms with Crippen LogP contribution in [-0.2, 0) is 6.54 Å². The maximum absolute atomic E-state index is 5.57. The van der Waals surface area contributed by atoms with Crippen LogP contribution in [0.4, 0.5) is 0 Å². The summed E-state index contributed by atoms with van der Waals surface area (Å²) in [5.74, 6) is 1.63. The van der Waals surface area contributed by atoms with Gasteiger partial charge in [0.05, 0.1) is 6.26 Å². The molecule has 0 spiro atoms. The first-order chi connectivity index (χ1) is 8.75. The molecule has 1 aliphatic rings. The van der Waals surface area contributed by atoms with Crippen molar-refractivity contribution in [3.63, 3.8) is 0 Å². The van der Waals surface area contributed by atoms with E-state index in [0.717, 1.165) is 24.0 Å². The second-order valence-corrected chi connectivity index (χ2v) is 5.66. The van der Waals surface area contributed by atoms with Gasteiger partial charge in [-0.15, -0.1) is 0 Å². The Morgan fingerprint density at radius 2 is 2.06 bits per heavy atom. The SMILES string of the molecule is CC1CCC(NCc2coc3ccccc23)C1C. The molecule has 1 saturated carbocycles. The smallest absolute Gasteiger partial charge is 0.134 e. The maximum Gasteiger partial charge on any atom is 0.134 e. The van der Waals surface area contributed by atoms with E-state index in [-0.39, 0.29) is 0 Å². The van der Waals surface area contributed by atoms with Crippen molar-refractivity contribution < 1.29 is 4.42 Å². The Balaban J connectivity index is 1.70. The molecule has 1 N–H and O–H groups in total. The van der Waals surface area contributed by atoms with Gasteiger partial charge in [0.2, 0.25) is 0 Å². The van der Waals surface area contributed by atoms with E-state index in [4.69, 9.17) is 4.42 Å². The van der Waals surface area contributed by atoms with Crippen LogP contribution in [0.3, 0.4) is 0 Å². The lowest BCUT2D eigenvalue weighted by Gasteiger charge is -2.19. The van der Waals surface area contributed by atoms with Gasteiger partial charge < -0.3 is 9.73 Å². The van der Waals surface area contributed by atoms with Gasteiger partial charge in [-0.3, -0.25) is 0 Å². The van der Waals surface area contributed by atoms with Gasteiger partial charge in [0, 0.05) is 23.5 Å². The van der Waals surface area contributed by atoms with Crippen LogP contribution < -0.4 is 5.32 Å². The van der Waals surface area contributed by atoms with Gasteiger partial charge in [0.1, 0.15) is 5.58 Å². The predicted molar refractivity (Wildman–Crippen MR) is 74.4 cm³/mol. The van der Waals surface area contributed by atoms with Crippen molar-refractivity contribution in [1.29, 1.82) is 0 Å². The number of para-hydroxylation sites is 1. The van der Waals surface area contributed by atoms with Crippen LogP contribution in [0, 0.1) is 11.8 Å². The van der Waals surface area contributed by atoms with Crippen LogP contribution in [0.1, 0.15) is 32.3 Å². The molecule has 0 aliphatic heterocycles. The number of rotatable bonds is 3. The minimum Gasteiger partial charge on any atom is -0.464 e. The quantitative estimate of drug-likeness (QED) is 0.882. The Kier molecular flexibility index (Phi) is 3.13. The van der Waals surface area contributed by atoms with Crippen molar-refractivity contribution in [2.24, 2.45) is 11.8 Å². The maximum atomic E-state index is 5.57. The zero-order valence-corrected chi connectivity index (χ0v) is 11.1. The van der Waals surface area contributed by atoms with E-state index in [9.17, 15) is 0 Å². The lowest BCUT2D eigenvalue weighted by atomic mass is 9.97. The van der Waals surface area contributed by atoms with Crippen molar-refractivity contribution >= 4 is 11.0 Å². The predicted octanol–water partition coefficient (Wildman–Crippen LogP) is 3.96. The van der Waals surface area contributed by atoms with Crippen LogP contribution in [-0.4, -0.2) is 6.04 Å². The highest BCUT2D eigenvalue weighted by Gasteiger charge is 2.29. The Morgan fingerprint density at radius 3 is 2.83 bits per heavy atom. The van der Waals surface area contributed by atoms with E-state index in [2.05, 4.69) is 31.3 Å². The molecule has 2 heteroatoms. The molecule has 3 rings (SSSR count). The molecule has 0 saturated heterocycles. The standard InChI is InChI=1S/C16H21NO/c1-11-7-8-15(12(11)2)17-9-13-10-18-16-6-4-3-5-14(13)16/h3-6,10-12,15,17H,7-9H2,1-2H3. The van der Waals surface area contributed by atoms with E-state index in [0.29, 0.717) is 6.04 Å². The fourth-order valence-corrected chi connectivity index (χ4v) is 3.06. The van der Waals surface area contributed by atoms with Gasteiger partial charge in [-0.2, -0.15) is 0 Å². The molecule has 0 radical (unpaired) electrons. The van der Waals surface area contributed by atoms with E-state index < -0.39 is 0 Å². The summed E-state index contributed by atoms with van der Waals surface area (Å²) in [5.41, 5.74) is 2.26. The average molecular weight is 243 g/mol. The molecule has 3 atom stereocenters. The van der Waals surface area contributed by atoms with Crippen LogP contribution in [0.5, 0.6) is 0 Å². The molecule has 1 fully saturated rings. The lowest BCUT2D eigenvalue weighted by molar-refractivity contribution is 0.369.